The van der Waals surface area contributed by atoms with Crippen molar-refractivity contribution in [2.75, 3.05) is 41.7 Å². The molecule has 1 saturated heterocycles. The van der Waals surface area contributed by atoms with Crippen molar-refractivity contribution in [2.45, 2.75) is 25.4 Å². The minimum Gasteiger partial charge on any atom is -0.488 e. The van der Waals surface area contributed by atoms with Gasteiger partial charge in [0.2, 0.25) is 5.71 Å². The van der Waals surface area contributed by atoms with Gasteiger partial charge in [-0.2, -0.15) is 0 Å². The number of nitrogens with two attached hydrogens (primary N) is 2. The molecule has 32 heavy (non-hydrogen) atoms. The zero-order chi connectivity index (χ0) is 22.1. The molecule has 5 rings (SSSR count). The normalized spacial score (nSPS) is 17.2. The number of piperazine rings is 1. The molecule has 3 aromatic rings. The molecule has 0 spiro atoms. The van der Waals surface area contributed by atoms with Crippen molar-refractivity contribution in [3.63, 3.8) is 0 Å². The van der Waals surface area contributed by atoms with Crippen molar-refractivity contribution >= 4 is 23.0 Å². The van der Waals surface area contributed by atoms with E-state index in [1.807, 2.05) is 30.3 Å². The molecule has 0 bridgehead atoms. The van der Waals surface area contributed by atoms with Gasteiger partial charge in [-0.1, -0.05) is 0 Å². The summed E-state index contributed by atoms with van der Waals surface area (Å²) in [6, 6.07) is 9.47. The van der Waals surface area contributed by atoms with Crippen LogP contribution in [0.25, 0.3) is 0 Å². The van der Waals surface area contributed by atoms with Crippen LogP contribution in [-0.4, -0.2) is 57.4 Å². The first kappa shape index (κ1) is 20.2. The van der Waals surface area contributed by atoms with E-state index in [0.29, 0.717) is 17.1 Å². The van der Waals surface area contributed by atoms with E-state index >= 15 is 0 Å². The highest BCUT2D eigenvalue weighted by Crippen LogP contribution is 2.40. The summed E-state index contributed by atoms with van der Waals surface area (Å²) in [5, 5.41) is 6.51. The van der Waals surface area contributed by atoms with Gasteiger partial charge in [-0.3, -0.25) is 5.41 Å². The summed E-state index contributed by atoms with van der Waals surface area (Å²) in [5.41, 5.74) is 8.64. The molecule has 0 unspecified atom stereocenters. The molecule has 0 amide bonds. The standard InChI is InChI=1S/C23H26N8O/c1-23(5-6-23)32-16-2-3-18(24)17(12-16)22(25)19-13-21(29-15-27-19)31-10-8-30(9-11-31)20-4-7-26-14-28-20/h2-4,7,12-15,25H,5-6,8-11,24H2,1H3/p+1. The van der Waals surface area contributed by atoms with Crippen LogP contribution >= 0.6 is 0 Å². The van der Waals surface area contributed by atoms with Crippen molar-refractivity contribution in [3.8, 4) is 5.75 Å². The number of hydrogen-bond donors (Lipinski definition) is 2. The molecule has 9 nitrogen and oxygen atoms in total. The molecule has 2 aromatic heterocycles. The maximum Gasteiger partial charge on any atom is 0.232 e. The zero-order valence-electron chi connectivity index (χ0n) is 18.1. The van der Waals surface area contributed by atoms with Gasteiger partial charge in [0.15, 0.2) is 0 Å². The molecule has 164 valence electrons. The van der Waals surface area contributed by atoms with E-state index in [2.05, 4.69) is 36.7 Å². The van der Waals surface area contributed by atoms with Crippen LogP contribution in [-0.2, 0) is 0 Å². The van der Waals surface area contributed by atoms with Gasteiger partial charge < -0.3 is 20.3 Å². The van der Waals surface area contributed by atoms with Gasteiger partial charge in [0.05, 0.1) is 5.56 Å². The molecule has 2 fully saturated rings. The highest BCUT2D eigenvalue weighted by molar-refractivity contribution is 6.11. The van der Waals surface area contributed by atoms with E-state index in [1.54, 1.807) is 18.9 Å². The van der Waals surface area contributed by atoms with Crippen LogP contribution in [0.1, 0.15) is 31.0 Å². The van der Waals surface area contributed by atoms with Crippen molar-refractivity contribution in [2.24, 2.45) is 0 Å². The Bertz CT molecular complexity index is 1120. The Morgan fingerprint density at radius 2 is 1.69 bits per heavy atom. The van der Waals surface area contributed by atoms with Crippen LogP contribution in [0.15, 0.2) is 49.2 Å². The second kappa shape index (κ2) is 8.07. The SMILES string of the molecule is CC1(Oc2ccc(N)c(C(=[NH2+])c3cc(N4CCN(c5ccncn5)CC4)ncn3)c2)CC1. The molecule has 1 aliphatic heterocycles. The Hall–Kier alpha value is -3.75. The fourth-order valence-electron chi connectivity index (χ4n) is 3.84. The number of nitrogens with zero attached hydrogens (tertiary/aromatic N) is 6. The van der Waals surface area contributed by atoms with Crippen LogP contribution in [0.3, 0.4) is 0 Å². The predicted molar refractivity (Wildman–Crippen MR) is 123 cm³/mol. The summed E-state index contributed by atoms with van der Waals surface area (Å²) >= 11 is 0. The van der Waals surface area contributed by atoms with Gasteiger partial charge in [0.25, 0.3) is 0 Å². The highest BCUT2D eigenvalue weighted by atomic mass is 16.5. The third kappa shape index (κ3) is 4.18. The summed E-state index contributed by atoms with van der Waals surface area (Å²) in [6.07, 6.45) is 7.02. The van der Waals surface area contributed by atoms with Crippen molar-refractivity contribution in [3.05, 3.63) is 60.4 Å². The predicted octanol–water partition coefficient (Wildman–Crippen LogP) is 0.703. The minimum atomic E-state index is -0.0713. The van der Waals surface area contributed by atoms with Gasteiger partial charge in [-0.15, -0.1) is 0 Å². The fourth-order valence-corrected chi connectivity index (χ4v) is 3.84. The van der Waals surface area contributed by atoms with E-state index in [1.165, 1.54) is 0 Å². The Kier molecular flexibility index (Phi) is 5.08. The van der Waals surface area contributed by atoms with Gasteiger partial charge in [0, 0.05) is 44.1 Å². The number of nitrogen functional groups attached to an aromatic ring is 1. The van der Waals surface area contributed by atoms with Crippen LogP contribution in [0.5, 0.6) is 5.75 Å². The molecular weight excluding hydrogens is 404 g/mol. The van der Waals surface area contributed by atoms with E-state index in [4.69, 9.17) is 15.9 Å². The number of rotatable bonds is 6. The monoisotopic (exact) mass is 431 g/mol. The lowest BCUT2D eigenvalue weighted by molar-refractivity contribution is -0.111. The molecule has 1 aromatic carbocycles. The van der Waals surface area contributed by atoms with Gasteiger partial charge in [-0.25, -0.2) is 19.9 Å². The topological polar surface area (TPSA) is 119 Å². The second-order valence-electron chi connectivity index (χ2n) is 8.52. The lowest BCUT2D eigenvalue weighted by atomic mass is 10.0. The second-order valence-corrected chi connectivity index (χ2v) is 8.52. The summed E-state index contributed by atoms with van der Waals surface area (Å²) < 4.78 is 6.08. The van der Waals surface area contributed by atoms with Gasteiger partial charge in [0.1, 0.15) is 41.3 Å². The largest absolute Gasteiger partial charge is 0.488 e. The molecule has 0 atom stereocenters. The van der Waals surface area contributed by atoms with Crippen LogP contribution in [0, 0.1) is 0 Å². The van der Waals surface area contributed by atoms with E-state index in [-0.39, 0.29) is 5.60 Å². The first-order valence-electron chi connectivity index (χ1n) is 10.8. The lowest BCUT2D eigenvalue weighted by Crippen LogP contribution is -2.47. The van der Waals surface area contributed by atoms with Crippen molar-refractivity contribution in [1.82, 2.24) is 19.9 Å². The maximum atomic E-state index is 6.51. The molecule has 4 N–H and O–H groups in total. The third-order valence-corrected chi connectivity index (χ3v) is 6.06. The summed E-state index contributed by atoms with van der Waals surface area (Å²) in [7, 11) is 0. The lowest BCUT2D eigenvalue weighted by Gasteiger charge is -2.35. The number of anilines is 3. The number of aromatic nitrogens is 4. The molecule has 1 saturated carbocycles. The summed E-state index contributed by atoms with van der Waals surface area (Å²) in [5.74, 6) is 2.56. The van der Waals surface area contributed by atoms with Crippen LogP contribution in [0.4, 0.5) is 17.3 Å². The first-order valence-corrected chi connectivity index (χ1v) is 10.8. The van der Waals surface area contributed by atoms with Gasteiger partial charge in [-0.05, 0) is 44.0 Å². The molecule has 9 heteroatoms. The summed E-state index contributed by atoms with van der Waals surface area (Å²) in [6.45, 7) is 5.45. The van der Waals surface area contributed by atoms with E-state index in [9.17, 15) is 0 Å². The van der Waals surface area contributed by atoms with Crippen molar-refractivity contribution < 1.29 is 10.1 Å². The van der Waals surface area contributed by atoms with E-state index in [0.717, 1.165) is 62.0 Å². The highest BCUT2D eigenvalue weighted by Gasteiger charge is 2.40. The Morgan fingerprint density at radius 1 is 0.969 bits per heavy atom. The summed E-state index contributed by atoms with van der Waals surface area (Å²) in [4.78, 5) is 21.7. The minimum absolute atomic E-state index is 0.0713. The average Bonchev–Trinajstić information content (AvgIpc) is 3.57. The number of hydrogen-bond acceptors (Lipinski definition) is 8. The third-order valence-electron chi connectivity index (χ3n) is 6.06. The molecular formula is C23H27N8O+. The molecule has 1 aliphatic carbocycles. The zero-order valence-corrected chi connectivity index (χ0v) is 18.1. The van der Waals surface area contributed by atoms with Crippen molar-refractivity contribution in [1.29, 1.82) is 0 Å². The fraction of sp³-hybridized carbons (Fsp3) is 0.348. The Balaban J connectivity index is 1.31. The first-order chi connectivity index (χ1) is 15.5. The molecule has 3 heterocycles. The molecule has 0 radical (unpaired) electrons. The van der Waals surface area contributed by atoms with Crippen LogP contribution < -0.4 is 25.7 Å². The van der Waals surface area contributed by atoms with Gasteiger partial charge >= 0.3 is 0 Å². The Morgan fingerprint density at radius 3 is 2.38 bits per heavy atom. The smallest absolute Gasteiger partial charge is 0.232 e. The van der Waals surface area contributed by atoms with Crippen LogP contribution in [0.2, 0.25) is 0 Å². The Labute approximate surface area is 186 Å². The van der Waals surface area contributed by atoms with E-state index < -0.39 is 0 Å². The number of ether oxygens (including phenoxy) is 1. The average molecular weight is 432 g/mol. The maximum absolute atomic E-state index is 6.51. The number of benzene rings is 1. The molecule has 2 aliphatic rings. The quantitative estimate of drug-likeness (QED) is 0.433.